The van der Waals surface area contributed by atoms with Gasteiger partial charge >= 0.3 is 0 Å². The molecule has 0 aliphatic carbocycles. The van der Waals surface area contributed by atoms with Crippen molar-refractivity contribution in [2.75, 3.05) is 5.75 Å². The van der Waals surface area contributed by atoms with Gasteiger partial charge in [-0.15, -0.1) is 11.8 Å². The van der Waals surface area contributed by atoms with Crippen LogP contribution < -0.4 is 0 Å². The Labute approximate surface area is 106 Å². The lowest BCUT2D eigenvalue weighted by Crippen LogP contribution is -1.87. The van der Waals surface area contributed by atoms with E-state index < -0.39 is 11.6 Å². The van der Waals surface area contributed by atoms with Crippen LogP contribution in [0.25, 0.3) is 11.4 Å². The van der Waals surface area contributed by atoms with Gasteiger partial charge in [0.1, 0.15) is 11.6 Å². The van der Waals surface area contributed by atoms with E-state index in [0.29, 0.717) is 17.4 Å². The molecule has 18 heavy (non-hydrogen) atoms. The highest BCUT2D eigenvalue weighted by atomic mass is 32.2. The fourth-order valence-corrected chi connectivity index (χ4v) is 1.78. The van der Waals surface area contributed by atoms with E-state index in [4.69, 9.17) is 9.78 Å². The Balaban J connectivity index is 2.16. The van der Waals surface area contributed by atoms with Crippen molar-refractivity contribution in [3.63, 3.8) is 0 Å². The smallest absolute Gasteiger partial charge is 0.236 e. The molecule has 7 heteroatoms. The summed E-state index contributed by atoms with van der Waals surface area (Å²) in [5.41, 5.74) is 0.216. The number of aromatic nitrogens is 2. The van der Waals surface area contributed by atoms with Gasteiger partial charge in [0, 0.05) is 11.6 Å². The Hall–Kier alpha value is -1.94. The second-order valence-corrected chi connectivity index (χ2v) is 4.31. The summed E-state index contributed by atoms with van der Waals surface area (Å²) in [5.74, 6) is -0.258. The van der Waals surface area contributed by atoms with Crippen LogP contribution in [0.1, 0.15) is 5.89 Å². The topological polar surface area (TPSA) is 62.7 Å². The predicted octanol–water partition coefficient (Wildman–Crippen LogP) is 2.77. The van der Waals surface area contributed by atoms with Crippen LogP contribution in [0.2, 0.25) is 0 Å². The van der Waals surface area contributed by atoms with Gasteiger partial charge in [0.2, 0.25) is 11.7 Å². The Morgan fingerprint density at radius 1 is 1.28 bits per heavy atom. The molecule has 0 bridgehead atoms. The molecule has 0 spiro atoms. The minimum atomic E-state index is -0.699. The number of nitriles is 1. The van der Waals surface area contributed by atoms with Gasteiger partial charge in [-0.1, -0.05) is 5.16 Å². The van der Waals surface area contributed by atoms with Crippen LogP contribution in [-0.4, -0.2) is 15.9 Å². The molecular weight excluding hydrogens is 260 g/mol. The molecule has 0 atom stereocenters. The van der Waals surface area contributed by atoms with Crippen LogP contribution in [0.5, 0.6) is 0 Å². The summed E-state index contributed by atoms with van der Waals surface area (Å²) < 4.78 is 30.9. The third kappa shape index (κ3) is 3.05. The third-order valence-corrected chi connectivity index (χ3v) is 2.77. The molecule has 0 N–H and O–H groups in total. The van der Waals surface area contributed by atoms with Gasteiger partial charge in [-0.2, -0.15) is 10.2 Å². The average Bonchev–Trinajstić information content (AvgIpc) is 2.77. The lowest BCUT2D eigenvalue weighted by atomic mass is 10.2. The first kappa shape index (κ1) is 12.5. The number of hydrogen-bond acceptors (Lipinski definition) is 5. The van der Waals surface area contributed by atoms with Crippen LogP contribution >= 0.6 is 11.8 Å². The van der Waals surface area contributed by atoms with E-state index in [1.54, 1.807) is 0 Å². The van der Waals surface area contributed by atoms with Crippen molar-refractivity contribution in [3.8, 4) is 17.5 Å². The van der Waals surface area contributed by atoms with E-state index in [1.807, 2.05) is 6.07 Å². The summed E-state index contributed by atoms with van der Waals surface area (Å²) in [7, 11) is 0. The summed E-state index contributed by atoms with van der Waals surface area (Å²) in [6.45, 7) is 0. The molecule has 92 valence electrons. The number of rotatable bonds is 4. The normalized spacial score (nSPS) is 10.3. The molecule has 1 heterocycles. The molecule has 1 aromatic heterocycles. The second-order valence-electron chi connectivity index (χ2n) is 3.32. The molecule has 0 saturated carbocycles. The quantitative estimate of drug-likeness (QED) is 0.797. The van der Waals surface area contributed by atoms with Crippen LogP contribution in [-0.2, 0) is 5.75 Å². The van der Waals surface area contributed by atoms with E-state index >= 15 is 0 Å². The van der Waals surface area contributed by atoms with Crippen molar-refractivity contribution < 1.29 is 13.3 Å². The number of thioether (sulfide) groups is 1. The molecule has 4 nitrogen and oxygen atoms in total. The molecule has 2 aromatic rings. The van der Waals surface area contributed by atoms with Crippen molar-refractivity contribution in [1.29, 1.82) is 5.26 Å². The van der Waals surface area contributed by atoms with Crippen LogP contribution in [0.3, 0.4) is 0 Å². The zero-order valence-corrected chi connectivity index (χ0v) is 9.88. The van der Waals surface area contributed by atoms with Gasteiger partial charge in [-0.05, 0) is 12.1 Å². The fourth-order valence-electron chi connectivity index (χ4n) is 1.30. The zero-order valence-electron chi connectivity index (χ0n) is 9.06. The minimum Gasteiger partial charge on any atom is -0.338 e. The highest BCUT2D eigenvalue weighted by molar-refractivity contribution is 7.98. The van der Waals surface area contributed by atoms with Gasteiger partial charge in [0.25, 0.3) is 0 Å². The molecule has 0 fully saturated rings. The standard InChI is InChI=1S/C11H7F2N3OS/c12-8-3-7(4-9(13)5-8)11-15-10(17-16-11)6-18-2-1-14/h3-5H,2,6H2. The largest absolute Gasteiger partial charge is 0.338 e. The molecule has 0 unspecified atom stereocenters. The zero-order chi connectivity index (χ0) is 13.0. The monoisotopic (exact) mass is 267 g/mol. The van der Waals surface area contributed by atoms with E-state index in [1.165, 1.54) is 11.8 Å². The van der Waals surface area contributed by atoms with Gasteiger partial charge in [-0.3, -0.25) is 0 Å². The molecule has 0 saturated heterocycles. The first-order chi connectivity index (χ1) is 8.69. The van der Waals surface area contributed by atoms with E-state index in [2.05, 4.69) is 10.1 Å². The number of halogens is 2. The molecule has 2 rings (SSSR count). The Morgan fingerprint density at radius 3 is 2.67 bits per heavy atom. The molecule has 0 aliphatic rings. The van der Waals surface area contributed by atoms with Crippen LogP contribution in [0, 0.1) is 23.0 Å². The molecule has 0 amide bonds. The molecular formula is C11H7F2N3OS. The third-order valence-electron chi connectivity index (χ3n) is 1.98. The Kier molecular flexibility index (Phi) is 3.89. The summed E-state index contributed by atoms with van der Waals surface area (Å²) in [5, 5.41) is 12.0. The van der Waals surface area contributed by atoms with E-state index in [-0.39, 0.29) is 11.4 Å². The maximum atomic E-state index is 13.0. The molecule has 0 radical (unpaired) electrons. The maximum Gasteiger partial charge on any atom is 0.236 e. The lowest BCUT2D eigenvalue weighted by Gasteiger charge is -1.95. The van der Waals surface area contributed by atoms with Crippen LogP contribution in [0.4, 0.5) is 8.78 Å². The van der Waals surface area contributed by atoms with Gasteiger partial charge in [0.15, 0.2) is 0 Å². The van der Waals surface area contributed by atoms with E-state index in [9.17, 15) is 8.78 Å². The fraction of sp³-hybridized carbons (Fsp3) is 0.182. The Bertz CT molecular complexity index is 574. The van der Waals surface area contributed by atoms with Crippen molar-refractivity contribution in [2.45, 2.75) is 5.75 Å². The Morgan fingerprint density at radius 2 is 2.00 bits per heavy atom. The first-order valence-electron chi connectivity index (χ1n) is 4.93. The van der Waals surface area contributed by atoms with Crippen molar-refractivity contribution in [3.05, 3.63) is 35.7 Å². The van der Waals surface area contributed by atoms with Gasteiger partial charge in [-0.25, -0.2) is 8.78 Å². The molecule has 1 aromatic carbocycles. The van der Waals surface area contributed by atoms with Crippen LogP contribution in [0.15, 0.2) is 22.7 Å². The SMILES string of the molecule is N#CCSCc1nc(-c2cc(F)cc(F)c2)no1. The van der Waals surface area contributed by atoms with E-state index in [0.717, 1.165) is 18.2 Å². The average molecular weight is 267 g/mol. The summed E-state index contributed by atoms with van der Waals surface area (Å²) in [6, 6.07) is 4.99. The number of nitrogens with zero attached hydrogens (tertiary/aromatic N) is 3. The summed E-state index contributed by atoms with van der Waals surface area (Å²) >= 11 is 1.32. The van der Waals surface area contributed by atoms with Gasteiger partial charge in [0.05, 0.1) is 17.6 Å². The maximum absolute atomic E-state index is 13.0. The number of benzene rings is 1. The number of hydrogen-bond donors (Lipinski definition) is 0. The first-order valence-corrected chi connectivity index (χ1v) is 6.08. The highest BCUT2D eigenvalue weighted by Gasteiger charge is 2.10. The van der Waals surface area contributed by atoms with Crippen molar-refractivity contribution in [1.82, 2.24) is 10.1 Å². The minimum absolute atomic E-state index is 0.126. The van der Waals surface area contributed by atoms with Crippen molar-refractivity contribution >= 4 is 11.8 Å². The molecule has 0 aliphatic heterocycles. The lowest BCUT2D eigenvalue weighted by molar-refractivity contribution is 0.391. The highest BCUT2D eigenvalue weighted by Crippen LogP contribution is 2.20. The van der Waals surface area contributed by atoms with Gasteiger partial charge < -0.3 is 4.52 Å². The summed E-state index contributed by atoms with van der Waals surface area (Å²) in [6.07, 6.45) is 0. The predicted molar refractivity (Wildman–Crippen MR) is 61.4 cm³/mol. The van der Waals surface area contributed by atoms with Crippen molar-refractivity contribution in [2.24, 2.45) is 0 Å². The summed E-state index contributed by atoms with van der Waals surface area (Å²) in [4.78, 5) is 3.99. The second kappa shape index (κ2) is 5.60.